The van der Waals surface area contributed by atoms with Gasteiger partial charge in [0.25, 0.3) is 0 Å². The summed E-state index contributed by atoms with van der Waals surface area (Å²) in [7, 11) is 0. The van der Waals surface area contributed by atoms with Crippen molar-refractivity contribution < 1.29 is 9.84 Å². The van der Waals surface area contributed by atoms with Gasteiger partial charge in [-0.15, -0.1) is 0 Å². The molecule has 1 aromatic carbocycles. The molecular weight excluding hydrogens is 196 g/mol. The maximum Gasteiger partial charge on any atom is 0.120 e. The largest absolute Gasteiger partial charge is 0.508 e. The van der Waals surface area contributed by atoms with Crippen LogP contribution in [-0.2, 0) is 6.61 Å². The van der Waals surface area contributed by atoms with Crippen LogP contribution in [0.3, 0.4) is 0 Å². The molecule has 0 saturated carbocycles. The fourth-order valence-corrected chi connectivity index (χ4v) is 1.74. The van der Waals surface area contributed by atoms with E-state index in [1.165, 1.54) is 5.56 Å². The van der Waals surface area contributed by atoms with Crippen molar-refractivity contribution in [2.45, 2.75) is 6.61 Å². The number of phenols is 1. The predicted molar refractivity (Wildman–Crippen MR) is 56.8 cm³/mol. The molecule has 0 spiro atoms. The van der Waals surface area contributed by atoms with Gasteiger partial charge in [0, 0.05) is 0 Å². The first-order valence-corrected chi connectivity index (χ1v) is 5.22. The Bertz CT molecular complexity index is 378. The van der Waals surface area contributed by atoms with Gasteiger partial charge in [-0.25, -0.2) is 0 Å². The normalized spacial score (nSPS) is 10.0. The van der Waals surface area contributed by atoms with E-state index in [1.54, 1.807) is 35.6 Å². The first kappa shape index (κ1) is 9.09. The molecule has 0 aliphatic rings. The summed E-state index contributed by atoms with van der Waals surface area (Å²) in [6, 6.07) is 8.76. The maximum atomic E-state index is 9.05. The Kier molecular flexibility index (Phi) is 2.70. The van der Waals surface area contributed by atoms with E-state index in [4.69, 9.17) is 9.84 Å². The van der Waals surface area contributed by atoms with Crippen LogP contribution in [0, 0.1) is 0 Å². The zero-order valence-electron chi connectivity index (χ0n) is 7.51. The summed E-state index contributed by atoms with van der Waals surface area (Å²) < 4.78 is 5.50. The molecule has 0 bridgehead atoms. The summed E-state index contributed by atoms with van der Waals surface area (Å²) in [4.78, 5) is 0. The van der Waals surface area contributed by atoms with Gasteiger partial charge in [0.1, 0.15) is 18.1 Å². The molecule has 0 fully saturated rings. The summed E-state index contributed by atoms with van der Waals surface area (Å²) >= 11 is 1.66. The van der Waals surface area contributed by atoms with E-state index in [0.717, 1.165) is 5.75 Å². The molecule has 1 N–H and O–H groups in total. The molecule has 2 nitrogen and oxygen atoms in total. The van der Waals surface area contributed by atoms with E-state index in [0.29, 0.717) is 6.61 Å². The second-order valence-electron chi connectivity index (χ2n) is 2.91. The van der Waals surface area contributed by atoms with Crippen LogP contribution in [-0.4, -0.2) is 5.11 Å². The molecule has 0 aliphatic heterocycles. The molecular formula is C11H10O2S. The second kappa shape index (κ2) is 4.15. The van der Waals surface area contributed by atoms with Crippen LogP contribution < -0.4 is 4.74 Å². The topological polar surface area (TPSA) is 29.5 Å². The second-order valence-corrected chi connectivity index (χ2v) is 3.69. The summed E-state index contributed by atoms with van der Waals surface area (Å²) in [6.45, 7) is 0.578. The maximum absolute atomic E-state index is 9.05. The molecule has 14 heavy (non-hydrogen) atoms. The van der Waals surface area contributed by atoms with Gasteiger partial charge in [0.2, 0.25) is 0 Å². The lowest BCUT2D eigenvalue weighted by Crippen LogP contribution is -1.92. The van der Waals surface area contributed by atoms with Gasteiger partial charge in [-0.2, -0.15) is 11.3 Å². The number of aromatic hydroxyl groups is 1. The van der Waals surface area contributed by atoms with E-state index in [1.807, 2.05) is 11.4 Å². The Morgan fingerprint density at radius 2 is 1.93 bits per heavy atom. The third kappa shape index (κ3) is 2.26. The molecule has 1 heterocycles. The van der Waals surface area contributed by atoms with E-state index in [-0.39, 0.29) is 5.75 Å². The molecule has 0 unspecified atom stereocenters. The fourth-order valence-electron chi connectivity index (χ4n) is 1.08. The van der Waals surface area contributed by atoms with Crippen LogP contribution >= 0.6 is 11.3 Å². The SMILES string of the molecule is Oc1ccc(OCc2ccsc2)cc1. The summed E-state index contributed by atoms with van der Waals surface area (Å²) in [5, 5.41) is 13.1. The number of benzene rings is 1. The smallest absolute Gasteiger partial charge is 0.120 e. The average molecular weight is 206 g/mol. The van der Waals surface area contributed by atoms with Gasteiger partial charge in [-0.1, -0.05) is 0 Å². The van der Waals surface area contributed by atoms with Gasteiger partial charge in [-0.3, -0.25) is 0 Å². The summed E-state index contributed by atoms with van der Waals surface area (Å²) in [5.74, 6) is 1.03. The molecule has 0 saturated heterocycles. The zero-order valence-corrected chi connectivity index (χ0v) is 8.33. The number of rotatable bonds is 3. The van der Waals surface area contributed by atoms with Crippen molar-refractivity contribution in [3.05, 3.63) is 46.7 Å². The number of ether oxygens (including phenoxy) is 1. The third-order valence-corrected chi connectivity index (χ3v) is 2.55. The van der Waals surface area contributed by atoms with Crippen LogP contribution in [0.25, 0.3) is 0 Å². The van der Waals surface area contributed by atoms with Gasteiger partial charge >= 0.3 is 0 Å². The molecule has 72 valence electrons. The van der Waals surface area contributed by atoms with E-state index >= 15 is 0 Å². The minimum Gasteiger partial charge on any atom is -0.508 e. The van der Waals surface area contributed by atoms with Crippen LogP contribution in [0.4, 0.5) is 0 Å². The first-order chi connectivity index (χ1) is 6.84. The standard InChI is InChI=1S/C11H10O2S/c12-10-1-3-11(4-2-10)13-7-9-5-6-14-8-9/h1-6,8,12H,7H2. The third-order valence-electron chi connectivity index (χ3n) is 1.82. The molecule has 2 rings (SSSR count). The van der Waals surface area contributed by atoms with Crippen molar-refractivity contribution in [2.24, 2.45) is 0 Å². The van der Waals surface area contributed by atoms with Crippen molar-refractivity contribution in [3.8, 4) is 11.5 Å². The molecule has 1 aromatic heterocycles. The minimum atomic E-state index is 0.257. The fraction of sp³-hybridized carbons (Fsp3) is 0.0909. The molecule has 0 aliphatic carbocycles. The van der Waals surface area contributed by atoms with E-state index in [2.05, 4.69) is 5.38 Å². The highest BCUT2D eigenvalue weighted by Gasteiger charge is 1.95. The Balaban J connectivity index is 1.95. The predicted octanol–water partition coefficient (Wildman–Crippen LogP) is 3.03. The van der Waals surface area contributed by atoms with Crippen molar-refractivity contribution in [1.29, 1.82) is 0 Å². The Morgan fingerprint density at radius 3 is 2.57 bits per heavy atom. The van der Waals surface area contributed by atoms with Crippen molar-refractivity contribution in [2.75, 3.05) is 0 Å². The van der Waals surface area contributed by atoms with Crippen molar-refractivity contribution in [3.63, 3.8) is 0 Å². The van der Waals surface area contributed by atoms with Gasteiger partial charge in [-0.05, 0) is 46.7 Å². The molecule has 2 aromatic rings. The Hall–Kier alpha value is -1.48. The molecule has 0 amide bonds. The van der Waals surface area contributed by atoms with Crippen molar-refractivity contribution >= 4 is 11.3 Å². The van der Waals surface area contributed by atoms with Gasteiger partial charge in [0.15, 0.2) is 0 Å². The van der Waals surface area contributed by atoms with E-state index < -0.39 is 0 Å². The van der Waals surface area contributed by atoms with Crippen LogP contribution in [0.1, 0.15) is 5.56 Å². The molecule has 0 radical (unpaired) electrons. The van der Waals surface area contributed by atoms with Crippen molar-refractivity contribution in [1.82, 2.24) is 0 Å². The Morgan fingerprint density at radius 1 is 1.14 bits per heavy atom. The quantitative estimate of drug-likeness (QED) is 0.836. The lowest BCUT2D eigenvalue weighted by molar-refractivity contribution is 0.306. The Labute approximate surface area is 86.4 Å². The van der Waals surface area contributed by atoms with Gasteiger partial charge in [0.05, 0.1) is 0 Å². The van der Waals surface area contributed by atoms with Crippen LogP contribution in [0.2, 0.25) is 0 Å². The number of hydrogen-bond donors (Lipinski definition) is 1. The lowest BCUT2D eigenvalue weighted by atomic mass is 10.3. The van der Waals surface area contributed by atoms with Crippen LogP contribution in [0.5, 0.6) is 11.5 Å². The average Bonchev–Trinajstić information content (AvgIpc) is 2.70. The minimum absolute atomic E-state index is 0.257. The highest BCUT2D eigenvalue weighted by molar-refractivity contribution is 7.07. The number of thiophene rings is 1. The number of phenolic OH excluding ortho intramolecular Hbond substituents is 1. The lowest BCUT2D eigenvalue weighted by Gasteiger charge is -2.03. The van der Waals surface area contributed by atoms with E-state index in [9.17, 15) is 0 Å². The number of hydrogen-bond acceptors (Lipinski definition) is 3. The summed E-state index contributed by atoms with van der Waals surface area (Å²) in [5.41, 5.74) is 1.17. The highest BCUT2D eigenvalue weighted by Crippen LogP contribution is 2.17. The zero-order chi connectivity index (χ0) is 9.80. The molecule has 3 heteroatoms. The first-order valence-electron chi connectivity index (χ1n) is 4.27. The summed E-state index contributed by atoms with van der Waals surface area (Å²) in [6.07, 6.45) is 0. The monoisotopic (exact) mass is 206 g/mol. The highest BCUT2D eigenvalue weighted by atomic mass is 32.1. The molecule has 0 atom stereocenters. The van der Waals surface area contributed by atoms with Gasteiger partial charge < -0.3 is 9.84 Å². The van der Waals surface area contributed by atoms with Crippen LogP contribution in [0.15, 0.2) is 41.1 Å².